The van der Waals surface area contributed by atoms with Crippen molar-refractivity contribution in [3.63, 3.8) is 0 Å². The molecule has 104 valence electrons. The van der Waals surface area contributed by atoms with Gasteiger partial charge in [-0.3, -0.25) is 0 Å². The summed E-state index contributed by atoms with van der Waals surface area (Å²) in [4.78, 5) is 14.4. The summed E-state index contributed by atoms with van der Waals surface area (Å²) in [5.41, 5.74) is 0.799. The predicted octanol–water partition coefficient (Wildman–Crippen LogP) is 2.35. The van der Waals surface area contributed by atoms with Crippen molar-refractivity contribution in [2.24, 2.45) is 0 Å². The number of carbonyl (C=O) groups is 1. The summed E-state index contributed by atoms with van der Waals surface area (Å²) in [6.07, 6.45) is -0.883. The summed E-state index contributed by atoms with van der Waals surface area (Å²) in [5, 5.41) is 21.2. The van der Waals surface area contributed by atoms with Gasteiger partial charge in [0.15, 0.2) is 0 Å². The first-order valence-electron chi connectivity index (χ1n) is 6.60. The van der Waals surface area contributed by atoms with Crippen molar-refractivity contribution in [3.05, 3.63) is 36.4 Å². The minimum Gasteiger partial charge on any atom is -0.506 e. The quantitative estimate of drug-likeness (QED) is 0.836. The number of piperazine rings is 1. The van der Waals surface area contributed by atoms with Crippen LogP contribution in [0, 0.1) is 0 Å². The molecule has 1 saturated heterocycles. The summed E-state index contributed by atoms with van der Waals surface area (Å²) in [6, 6.07) is 11.5. The second-order valence-electron chi connectivity index (χ2n) is 4.91. The number of amides is 1. The number of anilines is 1. The van der Waals surface area contributed by atoms with Gasteiger partial charge in [0.05, 0.1) is 5.69 Å². The van der Waals surface area contributed by atoms with Crippen molar-refractivity contribution in [2.45, 2.75) is 0 Å². The normalized spacial score (nSPS) is 15.6. The number of fused-ring (bicyclic) bond motifs is 1. The molecule has 0 saturated carbocycles. The van der Waals surface area contributed by atoms with Crippen LogP contribution in [-0.4, -0.2) is 47.4 Å². The molecule has 0 aliphatic carbocycles. The molecular formula is C15H16N2O3. The fourth-order valence-electron chi connectivity index (χ4n) is 2.70. The highest BCUT2D eigenvalue weighted by Gasteiger charge is 2.23. The minimum atomic E-state index is -0.883. The van der Waals surface area contributed by atoms with Crippen LogP contribution in [0.4, 0.5) is 10.5 Å². The number of nitrogens with zero attached hydrogens (tertiary/aromatic N) is 2. The van der Waals surface area contributed by atoms with E-state index in [0.717, 1.165) is 16.5 Å². The van der Waals surface area contributed by atoms with Gasteiger partial charge in [0.25, 0.3) is 0 Å². The van der Waals surface area contributed by atoms with Gasteiger partial charge in [-0.1, -0.05) is 30.3 Å². The summed E-state index contributed by atoms with van der Waals surface area (Å²) in [7, 11) is 0. The second-order valence-corrected chi connectivity index (χ2v) is 4.91. The molecule has 2 aromatic carbocycles. The maximum atomic E-state index is 10.9. The first-order chi connectivity index (χ1) is 9.66. The Bertz CT molecular complexity index is 649. The monoisotopic (exact) mass is 272 g/mol. The fourth-order valence-corrected chi connectivity index (χ4v) is 2.70. The van der Waals surface area contributed by atoms with Crippen molar-refractivity contribution in [3.8, 4) is 5.75 Å². The Hall–Kier alpha value is -2.43. The molecule has 2 aromatic rings. The smallest absolute Gasteiger partial charge is 0.407 e. The highest BCUT2D eigenvalue weighted by Crippen LogP contribution is 2.35. The maximum Gasteiger partial charge on any atom is 0.407 e. The highest BCUT2D eigenvalue weighted by molar-refractivity contribution is 5.97. The fraction of sp³-hybridized carbons (Fsp3) is 0.267. The molecular weight excluding hydrogens is 256 g/mol. The molecule has 0 spiro atoms. The van der Waals surface area contributed by atoms with Crippen molar-refractivity contribution in [1.82, 2.24) is 4.90 Å². The molecule has 0 atom stereocenters. The van der Waals surface area contributed by atoms with Gasteiger partial charge in [-0.15, -0.1) is 0 Å². The average molecular weight is 272 g/mol. The molecule has 1 amide bonds. The molecule has 1 heterocycles. The van der Waals surface area contributed by atoms with Gasteiger partial charge in [0, 0.05) is 31.6 Å². The lowest BCUT2D eigenvalue weighted by atomic mass is 10.1. The molecule has 1 aliphatic heterocycles. The Morgan fingerprint density at radius 1 is 1.00 bits per heavy atom. The second kappa shape index (κ2) is 4.92. The molecule has 3 rings (SSSR count). The minimum absolute atomic E-state index is 0.243. The molecule has 20 heavy (non-hydrogen) atoms. The molecule has 5 heteroatoms. The number of hydrogen-bond donors (Lipinski definition) is 2. The van der Waals surface area contributed by atoms with Gasteiger partial charge in [0.1, 0.15) is 5.75 Å². The Balaban J connectivity index is 1.95. The number of aromatic hydroxyl groups is 1. The topological polar surface area (TPSA) is 64.0 Å². The van der Waals surface area contributed by atoms with Crippen molar-refractivity contribution >= 4 is 22.6 Å². The van der Waals surface area contributed by atoms with Crippen LogP contribution in [0.3, 0.4) is 0 Å². The number of phenols is 1. The van der Waals surface area contributed by atoms with Crippen LogP contribution in [0.2, 0.25) is 0 Å². The van der Waals surface area contributed by atoms with E-state index in [2.05, 4.69) is 4.90 Å². The summed E-state index contributed by atoms with van der Waals surface area (Å²) < 4.78 is 0. The van der Waals surface area contributed by atoms with Crippen LogP contribution in [0.5, 0.6) is 5.75 Å². The van der Waals surface area contributed by atoms with E-state index in [4.69, 9.17) is 5.11 Å². The number of rotatable bonds is 1. The third-order valence-electron chi connectivity index (χ3n) is 3.75. The zero-order valence-corrected chi connectivity index (χ0v) is 11.0. The van der Waals surface area contributed by atoms with Gasteiger partial charge < -0.3 is 20.0 Å². The first kappa shape index (κ1) is 12.6. The van der Waals surface area contributed by atoms with Gasteiger partial charge in [-0.25, -0.2) is 4.79 Å². The van der Waals surface area contributed by atoms with Crippen molar-refractivity contribution < 1.29 is 15.0 Å². The molecule has 0 unspecified atom stereocenters. The lowest BCUT2D eigenvalue weighted by Crippen LogP contribution is -2.48. The summed E-state index contributed by atoms with van der Waals surface area (Å²) in [5.74, 6) is 0.243. The van der Waals surface area contributed by atoms with Crippen LogP contribution >= 0.6 is 0 Å². The molecule has 5 nitrogen and oxygen atoms in total. The van der Waals surface area contributed by atoms with Crippen LogP contribution < -0.4 is 4.90 Å². The maximum absolute atomic E-state index is 10.9. The average Bonchev–Trinajstić information content (AvgIpc) is 2.47. The molecule has 1 aliphatic rings. The van der Waals surface area contributed by atoms with Crippen LogP contribution in [-0.2, 0) is 0 Å². The lowest BCUT2D eigenvalue weighted by Gasteiger charge is -2.35. The van der Waals surface area contributed by atoms with Crippen LogP contribution in [0.15, 0.2) is 36.4 Å². The molecule has 0 aromatic heterocycles. The van der Waals surface area contributed by atoms with E-state index in [1.54, 1.807) is 6.07 Å². The Kier molecular flexibility index (Phi) is 3.10. The molecule has 0 radical (unpaired) electrons. The summed E-state index contributed by atoms with van der Waals surface area (Å²) >= 11 is 0. The van der Waals surface area contributed by atoms with E-state index >= 15 is 0 Å². The third kappa shape index (κ3) is 2.11. The van der Waals surface area contributed by atoms with Gasteiger partial charge in [-0.05, 0) is 11.5 Å². The van der Waals surface area contributed by atoms with E-state index in [9.17, 15) is 9.90 Å². The number of benzene rings is 2. The van der Waals surface area contributed by atoms with Gasteiger partial charge in [-0.2, -0.15) is 0 Å². The summed E-state index contributed by atoms with van der Waals surface area (Å²) in [6.45, 7) is 2.09. The number of hydrogen-bond acceptors (Lipinski definition) is 3. The SMILES string of the molecule is O=C(O)N1CCN(c2c(O)ccc3ccccc23)CC1. The van der Waals surface area contributed by atoms with Crippen molar-refractivity contribution in [2.75, 3.05) is 31.1 Å². The molecule has 0 bridgehead atoms. The van der Waals surface area contributed by atoms with Crippen LogP contribution in [0.1, 0.15) is 0 Å². The van der Waals surface area contributed by atoms with E-state index < -0.39 is 6.09 Å². The van der Waals surface area contributed by atoms with E-state index in [1.165, 1.54) is 4.90 Å². The Morgan fingerprint density at radius 2 is 1.70 bits per heavy atom. The Labute approximate surface area is 116 Å². The number of phenolic OH excluding ortho intramolecular Hbond substituents is 1. The van der Waals surface area contributed by atoms with E-state index in [0.29, 0.717) is 26.2 Å². The standard InChI is InChI=1S/C15H16N2O3/c18-13-6-5-11-3-1-2-4-12(11)14(13)16-7-9-17(10-8-16)15(19)20/h1-6,18H,7-10H2,(H,19,20). The Morgan fingerprint density at radius 3 is 2.40 bits per heavy atom. The van der Waals surface area contributed by atoms with E-state index in [1.807, 2.05) is 30.3 Å². The first-order valence-corrected chi connectivity index (χ1v) is 6.60. The predicted molar refractivity (Wildman–Crippen MR) is 77.4 cm³/mol. The largest absolute Gasteiger partial charge is 0.506 e. The zero-order valence-electron chi connectivity index (χ0n) is 11.0. The zero-order chi connectivity index (χ0) is 14.1. The van der Waals surface area contributed by atoms with Crippen LogP contribution in [0.25, 0.3) is 10.8 Å². The lowest BCUT2D eigenvalue weighted by molar-refractivity contribution is 0.142. The number of carboxylic acid groups (broad SMARTS) is 1. The molecule has 1 fully saturated rings. The van der Waals surface area contributed by atoms with Gasteiger partial charge in [0.2, 0.25) is 0 Å². The van der Waals surface area contributed by atoms with Crippen molar-refractivity contribution in [1.29, 1.82) is 0 Å². The third-order valence-corrected chi connectivity index (χ3v) is 3.75. The van der Waals surface area contributed by atoms with E-state index in [-0.39, 0.29) is 5.75 Å². The highest BCUT2D eigenvalue weighted by atomic mass is 16.4. The van der Waals surface area contributed by atoms with Gasteiger partial charge >= 0.3 is 6.09 Å². The molecule has 2 N–H and O–H groups in total.